The van der Waals surface area contributed by atoms with Gasteiger partial charge in [-0.15, -0.1) is 0 Å². The standard InChI is InChI=1S/C25H17NO3S.C16H11NO2.C8H7NO2S.BH.U/c27-24(14-17-10-11-19-12-13-30(28,29)25(19)15-17)21-16-23(18-6-2-1-3-7-18)26-22-9-5-4-8-20(21)22;18-16(19)13-10-15(11-6-2-1-3-7-11)17-14-9-5-4-8-12(13)14;9-7-2-1-6-3-4-12(10,11)8(6)5-7;;/h1-13,15-16H,14H2;1-10H,(H,18,19);1-5H,9H2;1H;/i;;;1T;. The predicted octanol–water partition coefficient (Wildman–Crippen LogP) is 9.06. The van der Waals surface area contributed by atoms with Gasteiger partial charge in [0, 0.05) is 89.9 Å². The number of nitrogens with zero attached hydrogens (tertiary/aromatic N) is 2. The second-order valence-corrected chi connectivity index (χ2v) is 17.8. The van der Waals surface area contributed by atoms with Crippen molar-refractivity contribution in [3.05, 3.63) is 196 Å². The van der Waals surface area contributed by atoms with Gasteiger partial charge in [-0.2, -0.15) is 0 Å². The van der Waals surface area contributed by atoms with Crippen molar-refractivity contribution in [3.8, 4) is 22.5 Å². The normalized spacial score (nSPS) is 13.3. The number of para-hydroxylation sites is 2. The minimum absolute atomic E-state index is 0. The smallest absolute Gasteiger partial charge is 0.336 e. The summed E-state index contributed by atoms with van der Waals surface area (Å²) in [7, 11) is -2.85. The fraction of sp³-hybridized carbons (Fsp3) is 0.0204. The first-order chi connectivity index (χ1) is 30.4. The largest absolute Gasteiger partial charge is 0.478 e. The van der Waals surface area contributed by atoms with Crippen LogP contribution in [0.5, 0.6) is 0 Å². The molecule has 63 heavy (non-hydrogen) atoms. The zero-order valence-electron chi connectivity index (χ0n) is 34.3. The molecule has 2 aliphatic rings. The van der Waals surface area contributed by atoms with Crippen LogP contribution in [0.15, 0.2) is 178 Å². The predicted molar refractivity (Wildman–Crippen MR) is 246 cm³/mol. The summed E-state index contributed by atoms with van der Waals surface area (Å²) in [5.41, 5.74) is 13.6. The summed E-state index contributed by atoms with van der Waals surface area (Å²) in [6.45, 7) is 0. The number of benzene rings is 6. The van der Waals surface area contributed by atoms with E-state index in [1.54, 1.807) is 48.6 Å². The van der Waals surface area contributed by atoms with E-state index in [0.717, 1.165) is 27.7 Å². The number of carbonyl (C=O) groups is 2. The Morgan fingerprint density at radius 3 is 1.54 bits per heavy atom. The summed E-state index contributed by atoms with van der Waals surface area (Å²) in [6.07, 6.45) is 3.27. The Labute approximate surface area is 391 Å². The van der Waals surface area contributed by atoms with Gasteiger partial charge in [0.15, 0.2) is 15.6 Å². The molecule has 308 valence electrons. The van der Waals surface area contributed by atoms with Gasteiger partial charge >= 0.3 is 5.97 Å². The van der Waals surface area contributed by atoms with Crippen molar-refractivity contribution in [2.45, 2.75) is 16.2 Å². The van der Waals surface area contributed by atoms with E-state index in [9.17, 15) is 31.5 Å². The quantitative estimate of drug-likeness (QED) is 0.0929. The van der Waals surface area contributed by atoms with Gasteiger partial charge in [0.25, 0.3) is 0 Å². The molecule has 0 bridgehead atoms. The van der Waals surface area contributed by atoms with E-state index >= 15 is 0 Å². The number of Topliss-reactive ketones (excluding diaryl/α,β-unsaturated/α-hetero) is 1. The van der Waals surface area contributed by atoms with E-state index in [-0.39, 0.29) is 53.8 Å². The maximum absolute atomic E-state index is 13.3. The average molecular weight is 1090 g/mol. The Morgan fingerprint density at radius 1 is 0.571 bits per heavy atom. The fourth-order valence-corrected chi connectivity index (χ4v) is 9.52. The Balaban J connectivity index is 0.000000171. The SMILES string of the molecule is Nc1ccc2c(c1)S(=O)(=O)C=C2.O=C(Cc1ccc2c(c1)S(=O)(=O)C=C2)c1cc(-c2ccccc2)nc2ccccc12.O=C(O)c1cc(-c2ccccc2)nc2ccccc12.[3H][B].[U]. The molecule has 3 N–H and O–H groups in total. The molecule has 0 spiro atoms. The van der Waals surface area contributed by atoms with Crippen molar-refractivity contribution < 1.29 is 62.6 Å². The molecule has 8 aromatic rings. The molecular weight excluding hydrogens is 1060 g/mol. The number of rotatable bonds is 6. The fourth-order valence-electron chi connectivity index (χ4n) is 7.03. The van der Waals surface area contributed by atoms with E-state index in [4.69, 9.17) is 12.1 Å². The Kier molecular flexibility index (Phi) is 13.7. The maximum atomic E-state index is 13.3. The summed E-state index contributed by atoms with van der Waals surface area (Å²) in [5.74, 6) is -1.01. The minimum Gasteiger partial charge on any atom is -0.478 e. The molecule has 14 heteroatoms. The number of sulfone groups is 2. The number of hydrogen-bond acceptors (Lipinski definition) is 9. The van der Waals surface area contributed by atoms with Gasteiger partial charge in [-0.05, 0) is 72.6 Å². The molecule has 2 radical (unpaired) electrons. The monoisotopic (exact) mass is 1090 g/mol. The van der Waals surface area contributed by atoms with Crippen LogP contribution < -0.4 is 5.73 Å². The van der Waals surface area contributed by atoms with Crippen molar-refractivity contribution in [1.29, 1.82) is 1.34 Å². The number of aromatic carboxylic acids is 1. The molecule has 0 unspecified atom stereocenters. The number of carbonyl (C=O) groups excluding carboxylic acids is 1. The first kappa shape index (κ1) is 44.6. The van der Waals surface area contributed by atoms with Gasteiger partial charge in [-0.3, -0.25) is 4.79 Å². The van der Waals surface area contributed by atoms with Crippen LogP contribution in [0.25, 0.3) is 56.5 Å². The number of fused-ring (bicyclic) bond motifs is 4. The Hall–Kier alpha value is -6.42. The van der Waals surface area contributed by atoms with Gasteiger partial charge in [-0.25, -0.2) is 31.6 Å². The summed E-state index contributed by atoms with van der Waals surface area (Å²) >= 11 is 0. The molecule has 2 aromatic heterocycles. The molecule has 0 aliphatic carbocycles. The maximum Gasteiger partial charge on any atom is 0.336 e. The Bertz CT molecular complexity index is 3340. The van der Waals surface area contributed by atoms with E-state index in [0.29, 0.717) is 49.4 Å². The van der Waals surface area contributed by atoms with Gasteiger partial charge in [0.05, 0.1) is 37.8 Å². The third kappa shape index (κ3) is 10.1. The van der Waals surface area contributed by atoms with Crippen LogP contribution in [0, 0.1) is 31.1 Å². The van der Waals surface area contributed by atoms with Crippen molar-refractivity contribution in [1.82, 2.24) is 9.97 Å². The first-order valence-corrected chi connectivity index (χ1v) is 22.0. The van der Waals surface area contributed by atoms with Crippen LogP contribution in [0.1, 0.15) is 37.4 Å². The van der Waals surface area contributed by atoms with Crippen molar-refractivity contribution >= 4 is 79.4 Å². The van der Waals surface area contributed by atoms with E-state index in [1.165, 1.54) is 16.9 Å². The molecule has 0 saturated heterocycles. The summed E-state index contributed by atoms with van der Waals surface area (Å²) in [5, 5.41) is 13.2. The van der Waals surface area contributed by atoms with E-state index < -0.39 is 25.6 Å². The number of pyridine rings is 2. The molecule has 0 saturated carbocycles. The average Bonchev–Trinajstić information content (AvgIpc) is 3.79. The van der Waals surface area contributed by atoms with Crippen LogP contribution in [0.3, 0.4) is 0 Å². The molecule has 0 atom stereocenters. The second-order valence-electron chi connectivity index (χ2n) is 14.1. The number of nitrogens with two attached hydrogens (primary N) is 1. The number of hydrogen-bond donors (Lipinski definition) is 2. The zero-order chi connectivity index (χ0) is 44.7. The Morgan fingerprint density at radius 2 is 1.02 bits per heavy atom. The molecule has 10 rings (SSSR count). The van der Waals surface area contributed by atoms with Crippen LogP contribution in [-0.2, 0) is 26.1 Å². The van der Waals surface area contributed by atoms with Gasteiger partial charge in [0.2, 0.25) is 9.84 Å². The molecule has 6 aromatic carbocycles. The van der Waals surface area contributed by atoms with Crippen molar-refractivity contribution in [2.24, 2.45) is 0 Å². The zero-order valence-corrected chi connectivity index (χ0v) is 39.1. The molecule has 0 fully saturated rings. The minimum atomic E-state index is -3.41. The molecule has 4 heterocycles. The van der Waals surface area contributed by atoms with Crippen LogP contribution in [-0.4, -0.2) is 53.4 Å². The van der Waals surface area contributed by atoms with E-state index in [2.05, 4.69) is 13.4 Å². The number of nitrogen functional groups attached to an aromatic ring is 1. The van der Waals surface area contributed by atoms with Gasteiger partial charge < -0.3 is 10.8 Å². The number of anilines is 1. The van der Waals surface area contributed by atoms with Crippen molar-refractivity contribution in [3.63, 3.8) is 0 Å². The number of aromatic nitrogens is 2. The number of ketones is 1. The molecule has 0 amide bonds. The third-order valence-electron chi connectivity index (χ3n) is 10.0. The van der Waals surface area contributed by atoms with Gasteiger partial charge in [0.1, 0.15) is 0 Å². The van der Waals surface area contributed by atoms with Crippen LogP contribution in [0.2, 0.25) is 0 Å². The number of carboxylic acid groups (broad SMARTS) is 1. The summed E-state index contributed by atoms with van der Waals surface area (Å²) < 4.78 is 52.1. The van der Waals surface area contributed by atoms with Crippen molar-refractivity contribution in [2.75, 3.05) is 5.73 Å². The molecule has 2 aliphatic heterocycles. The van der Waals surface area contributed by atoms with Crippen LogP contribution in [0.4, 0.5) is 5.69 Å². The molecular formula is C49H36BN3O7S2U. The molecule has 10 nitrogen and oxygen atoms in total. The first-order valence-electron chi connectivity index (χ1n) is 19.5. The van der Waals surface area contributed by atoms with E-state index in [1.807, 2.05) is 115 Å². The second kappa shape index (κ2) is 19.3. The summed E-state index contributed by atoms with van der Waals surface area (Å²) in [6, 6.07) is 47.6. The van der Waals surface area contributed by atoms with Crippen LogP contribution >= 0.6 is 0 Å². The van der Waals surface area contributed by atoms with Gasteiger partial charge in [-0.1, -0.05) is 115 Å². The topological polar surface area (TPSA) is 174 Å². The third-order valence-corrected chi connectivity index (χ3v) is 13.0. The number of carboxylic acids is 1. The summed E-state index contributed by atoms with van der Waals surface area (Å²) in [4.78, 5) is 34.5.